The van der Waals surface area contributed by atoms with E-state index in [1.165, 1.54) is 420 Å². The van der Waals surface area contributed by atoms with E-state index in [-0.39, 0.29) is 0 Å². The maximum absolute atomic E-state index is 2.48. The predicted molar refractivity (Wildman–Crippen MR) is 444 cm³/mol. The Labute approximate surface area is 627 Å². The molecule has 6 aliphatic rings. The third kappa shape index (κ3) is 34.3. The second kappa shape index (κ2) is 54.0. The highest BCUT2D eigenvalue weighted by Gasteiger charge is 2.34. The fourth-order valence-corrected chi connectivity index (χ4v) is 28.7. The first-order valence-corrected chi connectivity index (χ1v) is 50.3. The molecular weight excluding hydrogens is 1270 g/mol. The molecule has 0 unspecified atom stereocenters. The van der Waals surface area contributed by atoms with Gasteiger partial charge in [0.1, 0.15) is 0 Å². The molecule has 7 rings (SSSR count). The Morgan fingerprint density at radius 3 is 0.396 bits per heavy atom. The fraction of sp³-hybridized carbons (Fsp3) is 0.933. The van der Waals surface area contributed by atoms with E-state index < -0.39 is 0 Å². The first-order valence-electron chi connectivity index (χ1n) is 44.4. The summed E-state index contributed by atoms with van der Waals surface area (Å²) >= 11 is 14.9. The van der Waals surface area contributed by atoms with Gasteiger partial charge in [-0.05, 0) is 148 Å². The van der Waals surface area contributed by atoms with Crippen LogP contribution in [0, 0.1) is 71.0 Å². The third-order valence-corrected chi connectivity index (χ3v) is 34.9. The lowest BCUT2D eigenvalue weighted by Gasteiger charge is -2.33. The highest BCUT2D eigenvalue weighted by molar-refractivity contribution is 8.06. The predicted octanol–water partition coefficient (Wildman–Crippen LogP) is 33.2. The molecule has 0 heterocycles. The Morgan fingerprint density at radius 2 is 0.271 bits per heavy atom. The van der Waals surface area contributed by atoms with Gasteiger partial charge in [0.25, 0.3) is 0 Å². The molecule has 0 nitrogen and oxygen atoms in total. The lowest BCUT2D eigenvalue weighted by atomic mass is 9.80. The molecule has 0 aromatic heterocycles. The van der Waals surface area contributed by atoms with E-state index in [1.54, 1.807) is 0 Å². The van der Waals surface area contributed by atoms with Crippen LogP contribution in [0.1, 0.15) is 427 Å². The Hall–Kier alpha value is 1.32. The third-order valence-electron chi connectivity index (χ3n) is 26.1. The summed E-state index contributed by atoms with van der Waals surface area (Å²) in [5.41, 5.74) is 0. The number of benzene rings is 1. The summed E-state index contributed by atoms with van der Waals surface area (Å²) in [4.78, 5) is 11.1. The molecule has 1 aromatic carbocycles. The average Bonchev–Trinajstić information content (AvgIpc) is 0.771. The van der Waals surface area contributed by atoms with Crippen molar-refractivity contribution < 1.29 is 0 Å². The summed E-state index contributed by atoms with van der Waals surface area (Å²) < 4.78 is 0. The van der Waals surface area contributed by atoms with Crippen molar-refractivity contribution in [1.82, 2.24) is 0 Å². The largest absolute Gasteiger partial charge is 0.123 e. The molecule has 0 radical (unpaired) electrons. The van der Waals surface area contributed by atoms with E-state index in [0.29, 0.717) is 0 Å². The lowest BCUT2D eigenvalue weighted by molar-refractivity contribution is 0.274. The van der Waals surface area contributed by atoms with Crippen molar-refractivity contribution in [3.63, 3.8) is 0 Å². The molecule has 1 aromatic rings. The molecule has 558 valence electrons. The molecule has 96 heavy (non-hydrogen) atoms. The smallest absolute Gasteiger partial charge is 0.0368 e. The van der Waals surface area contributed by atoms with Gasteiger partial charge in [-0.1, -0.05) is 350 Å². The molecular formula is C90H162S6. The normalized spacial score (nSPS) is 26.8. The van der Waals surface area contributed by atoms with Crippen LogP contribution in [0.5, 0.6) is 0 Å². The summed E-state index contributed by atoms with van der Waals surface area (Å²) in [7, 11) is 0. The quantitative estimate of drug-likeness (QED) is 0.0468. The van der Waals surface area contributed by atoms with E-state index in [0.717, 1.165) is 71.0 Å². The molecule has 0 N–H and O–H groups in total. The zero-order valence-electron chi connectivity index (χ0n) is 65.0. The van der Waals surface area contributed by atoms with Crippen LogP contribution in [0.4, 0.5) is 0 Å². The summed E-state index contributed by atoms with van der Waals surface area (Å²) in [6, 6.07) is 0. The summed E-state index contributed by atoms with van der Waals surface area (Å²) in [6.45, 7) is 14.3. The van der Waals surface area contributed by atoms with Crippen LogP contribution >= 0.6 is 70.6 Å². The van der Waals surface area contributed by atoms with Crippen LogP contribution in [0.15, 0.2) is 29.4 Å². The zero-order chi connectivity index (χ0) is 67.3. The SMILES string of the molecule is CCCCCCC[C@H]1CC[C@H](CSc2c(SC[C@H]3CC[C@H](CCCCCCC)CC3)c(SC[C@H]3CC[C@H](CCCCCCC)CC3)c(SC[C@H]3CC[C@H](CCCCCCC)CC3)c(SC[C@H]3CC[C@H](CCCCCCC)CC3)c2SC[C@H]2CC[C@H](CCCCCCC)CC2)CC1. The molecule has 6 heteroatoms. The number of rotatable bonds is 54. The van der Waals surface area contributed by atoms with Crippen molar-refractivity contribution >= 4 is 70.6 Å². The van der Waals surface area contributed by atoms with Gasteiger partial charge in [-0.25, -0.2) is 0 Å². The molecule has 0 bridgehead atoms. The summed E-state index contributed by atoms with van der Waals surface area (Å²) in [6.07, 6.45) is 88.3. The maximum Gasteiger partial charge on any atom is 0.0368 e. The minimum atomic E-state index is 0.882. The van der Waals surface area contributed by atoms with E-state index in [9.17, 15) is 0 Å². The van der Waals surface area contributed by atoms with Gasteiger partial charge in [-0.2, -0.15) is 0 Å². The van der Waals surface area contributed by atoms with Crippen molar-refractivity contribution in [3.8, 4) is 0 Å². The van der Waals surface area contributed by atoms with E-state index in [1.807, 2.05) is 29.4 Å². The molecule has 6 aliphatic carbocycles. The van der Waals surface area contributed by atoms with Crippen LogP contribution in [0.3, 0.4) is 0 Å². The van der Waals surface area contributed by atoms with Crippen molar-refractivity contribution in [2.24, 2.45) is 71.0 Å². The van der Waals surface area contributed by atoms with Crippen molar-refractivity contribution in [3.05, 3.63) is 0 Å². The van der Waals surface area contributed by atoms with Crippen molar-refractivity contribution in [2.45, 2.75) is 456 Å². The van der Waals surface area contributed by atoms with Crippen LogP contribution in [-0.4, -0.2) is 34.5 Å². The monoisotopic (exact) mass is 1440 g/mol. The molecule has 0 spiro atoms. The van der Waals surface area contributed by atoms with E-state index in [2.05, 4.69) is 112 Å². The number of hydrogen-bond acceptors (Lipinski definition) is 6. The van der Waals surface area contributed by atoms with Gasteiger partial charge in [-0.15, -0.1) is 70.6 Å². The van der Waals surface area contributed by atoms with Gasteiger partial charge in [0.2, 0.25) is 0 Å². The van der Waals surface area contributed by atoms with Gasteiger partial charge >= 0.3 is 0 Å². The highest BCUT2D eigenvalue weighted by Crippen LogP contribution is 2.58. The number of unbranched alkanes of at least 4 members (excludes halogenated alkanes) is 24. The van der Waals surface area contributed by atoms with Gasteiger partial charge < -0.3 is 0 Å². The van der Waals surface area contributed by atoms with Gasteiger partial charge in [0.05, 0.1) is 0 Å². The number of thioether (sulfide) groups is 6. The van der Waals surface area contributed by atoms with Crippen LogP contribution < -0.4 is 0 Å². The standard InChI is InChI=1S/C90H162S6/c1-7-13-19-25-31-37-73-43-55-79(56-44-73)67-91-85-86(92-68-80-57-45-74(46-58-80)38-32-26-20-14-8-2)88(94-70-82-61-49-76(50-62-82)40-34-28-22-16-10-4)90(96-72-84-65-53-78(54-66-84)42-36-30-24-18-12-6)89(95-71-83-63-51-77(52-64-83)41-35-29-23-17-11-5)87(85)93-69-81-59-47-75(48-60-81)39-33-27-21-15-9-3/h73-84H,7-72H2,1-6H3/t73-,74-,75-,76-,77-,78-,79-,80-,81-,82-,83-,84-. The zero-order valence-corrected chi connectivity index (χ0v) is 69.9. The minimum absolute atomic E-state index is 0.882. The first kappa shape index (κ1) is 84.6. The molecule has 0 aliphatic heterocycles. The van der Waals surface area contributed by atoms with Crippen LogP contribution in [0.2, 0.25) is 0 Å². The van der Waals surface area contributed by atoms with E-state index in [4.69, 9.17) is 0 Å². The highest BCUT2D eigenvalue weighted by atomic mass is 32.2. The molecule has 6 saturated carbocycles. The van der Waals surface area contributed by atoms with Gasteiger partial charge in [-0.3, -0.25) is 0 Å². The lowest BCUT2D eigenvalue weighted by Crippen LogP contribution is -2.18. The average molecular weight is 1440 g/mol. The molecule has 6 fully saturated rings. The van der Waals surface area contributed by atoms with Gasteiger partial charge in [0.15, 0.2) is 0 Å². The molecule has 0 amide bonds. The second-order valence-electron chi connectivity index (χ2n) is 34.4. The fourth-order valence-electron chi connectivity index (χ4n) is 19.0. The topological polar surface area (TPSA) is 0 Å². The Balaban J connectivity index is 1.24. The van der Waals surface area contributed by atoms with Crippen molar-refractivity contribution in [2.75, 3.05) is 34.5 Å². The van der Waals surface area contributed by atoms with Gasteiger partial charge in [0, 0.05) is 63.9 Å². The molecule has 0 atom stereocenters. The Kier molecular flexibility index (Phi) is 47.6. The Morgan fingerprint density at radius 1 is 0.156 bits per heavy atom. The van der Waals surface area contributed by atoms with E-state index >= 15 is 0 Å². The number of hydrogen-bond donors (Lipinski definition) is 0. The summed E-state index contributed by atoms with van der Waals surface area (Å²) in [5, 5.41) is 0. The van der Waals surface area contributed by atoms with Crippen LogP contribution in [-0.2, 0) is 0 Å². The second-order valence-corrected chi connectivity index (χ2v) is 40.6. The Bertz CT molecular complexity index is 1600. The molecule has 0 saturated heterocycles. The minimum Gasteiger partial charge on any atom is -0.123 e. The van der Waals surface area contributed by atoms with Crippen molar-refractivity contribution in [1.29, 1.82) is 0 Å². The van der Waals surface area contributed by atoms with Crippen LogP contribution in [0.25, 0.3) is 0 Å². The first-order chi connectivity index (χ1) is 47.4. The maximum atomic E-state index is 2.48. The summed E-state index contributed by atoms with van der Waals surface area (Å²) in [5.74, 6) is 19.4.